The molecule has 19 heavy (non-hydrogen) atoms. The first-order valence-electron chi connectivity index (χ1n) is 5.77. The Labute approximate surface area is 121 Å². The largest absolute Gasteiger partial charge is 0.496 e. The van der Waals surface area contributed by atoms with E-state index in [0.29, 0.717) is 21.7 Å². The molecule has 2 rings (SSSR count). The van der Waals surface area contributed by atoms with E-state index < -0.39 is 0 Å². The van der Waals surface area contributed by atoms with Gasteiger partial charge in [0.1, 0.15) is 11.5 Å². The quantitative estimate of drug-likeness (QED) is 0.936. The third kappa shape index (κ3) is 2.62. The number of aryl methyl sites for hydroxylation is 1. The number of anilines is 1. The number of methoxy groups -OCH3 is 2. The lowest BCUT2D eigenvalue weighted by Gasteiger charge is -2.11. The Morgan fingerprint density at radius 2 is 1.95 bits per heavy atom. The van der Waals surface area contributed by atoms with Crippen LogP contribution in [0.3, 0.4) is 0 Å². The van der Waals surface area contributed by atoms with Crippen LogP contribution in [0.4, 0.5) is 5.13 Å². The number of rotatable bonds is 4. The molecule has 2 N–H and O–H groups in total. The van der Waals surface area contributed by atoms with Gasteiger partial charge >= 0.3 is 0 Å². The second kappa shape index (κ2) is 5.67. The highest BCUT2D eigenvalue weighted by atomic mass is 35.5. The van der Waals surface area contributed by atoms with Crippen molar-refractivity contribution in [3.8, 4) is 22.8 Å². The molecular formula is C13H15ClN2O2S. The molecule has 4 nitrogen and oxygen atoms in total. The van der Waals surface area contributed by atoms with Gasteiger partial charge in [0.25, 0.3) is 0 Å². The molecule has 0 saturated heterocycles. The highest BCUT2D eigenvalue weighted by molar-refractivity contribution is 7.15. The minimum atomic E-state index is 0.504. The van der Waals surface area contributed by atoms with Crippen LogP contribution in [0.25, 0.3) is 11.3 Å². The van der Waals surface area contributed by atoms with Crippen molar-refractivity contribution in [1.29, 1.82) is 0 Å². The van der Waals surface area contributed by atoms with E-state index >= 15 is 0 Å². The summed E-state index contributed by atoms with van der Waals surface area (Å²) in [6.07, 6.45) is 0.859. The second-order valence-corrected chi connectivity index (χ2v) is 5.39. The van der Waals surface area contributed by atoms with Crippen LogP contribution in [0.15, 0.2) is 12.1 Å². The fourth-order valence-corrected chi connectivity index (χ4v) is 2.88. The number of ether oxygens (including phenoxy) is 2. The van der Waals surface area contributed by atoms with Crippen molar-refractivity contribution in [1.82, 2.24) is 4.98 Å². The molecule has 0 saturated carbocycles. The molecule has 1 aromatic heterocycles. The molecule has 0 amide bonds. The van der Waals surface area contributed by atoms with Gasteiger partial charge in [-0.25, -0.2) is 4.98 Å². The van der Waals surface area contributed by atoms with Crippen molar-refractivity contribution < 1.29 is 9.47 Å². The third-order valence-corrected chi connectivity index (χ3v) is 4.09. The van der Waals surface area contributed by atoms with E-state index in [2.05, 4.69) is 11.9 Å². The van der Waals surface area contributed by atoms with Crippen LogP contribution in [0.5, 0.6) is 11.5 Å². The van der Waals surface area contributed by atoms with Crippen molar-refractivity contribution in [3.05, 3.63) is 22.0 Å². The molecule has 0 spiro atoms. The molecule has 1 aromatic carbocycles. The fourth-order valence-electron chi connectivity index (χ4n) is 1.87. The monoisotopic (exact) mass is 298 g/mol. The van der Waals surface area contributed by atoms with Gasteiger partial charge in [-0.1, -0.05) is 18.5 Å². The summed E-state index contributed by atoms with van der Waals surface area (Å²) in [5, 5.41) is 1.05. The first kappa shape index (κ1) is 14.0. The zero-order chi connectivity index (χ0) is 14.0. The highest BCUT2D eigenvalue weighted by Gasteiger charge is 2.17. The van der Waals surface area contributed by atoms with Crippen molar-refractivity contribution in [3.63, 3.8) is 0 Å². The predicted octanol–water partition coefficient (Wildman–Crippen LogP) is 3.63. The average molecular weight is 299 g/mol. The topological polar surface area (TPSA) is 57.4 Å². The van der Waals surface area contributed by atoms with Gasteiger partial charge in [0, 0.05) is 16.5 Å². The fraction of sp³-hybridized carbons (Fsp3) is 0.308. The maximum atomic E-state index is 6.10. The van der Waals surface area contributed by atoms with E-state index in [0.717, 1.165) is 22.6 Å². The van der Waals surface area contributed by atoms with E-state index in [1.807, 2.05) is 6.07 Å². The Bertz CT molecular complexity index is 599. The lowest BCUT2D eigenvalue weighted by molar-refractivity contribution is 0.404. The van der Waals surface area contributed by atoms with Crippen LogP contribution in [0.2, 0.25) is 5.02 Å². The van der Waals surface area contributed by atoms with Gasteiger partial charge in [0.15, 0.2) is 5.13 Å². The van der Waals surface area contributed by atoms with Gasteiger partial charge in [-0.3, -0.25) is 0 Å². The molecule has 0 aliphatic carbocycles. The van der Waals surface area contributed by atoms with Crippen molar-refractivity contribution in [2.45, 2.75) is 13.3 Å². The second-order valence-electron chi connectivity index (χ2n) is 3.86. The predicted molar refractivity (Wildman–Crippen MR) is 79.5 cm³/mol. The molecule has 0 fully saturated rings. The van der Waals surface area contributed by atoms with Crippen LogP contribution < -0.4 is 15.2 Å². The lowest BCUT2D eigenvalue weighted by Crippen LogP contribution is -1.94. The Morgan fingerprint density at radius 1 is 1.26 bits per heavy atom. The van der Waals surface area contributed by atoms with E-state index in [1.165, 1.54) is 11.3 Å². The number of hydrogen-bond donors (Lipinski definition) is 1. The van der Waals surface area contributed by atoms with Gasteiger partial charge in [-0.15, -0.1) is 11.3 Å². The Balaban J connectivity index is 2.65. The Morgan fingerprint density at radius 3 is 2.53 bits per heavy atom. The lowest BCUT2D eigenvalue weighted by atomic mass is 10.1. The number of nitrogens with two attached hydrogens (primary N) is 1. The minimum Gasteiger partial charge on any atom is -0.496 e. The molecule has 0 radical (unpaired) electrons. The average Bonchev–Trinajstić information content (AvgIpc) is 2.79. The molecule has 0 bridgehead atoms. The summed E-state index contributed by atoms with van der Waals surface area (Å²) < 4.78 is 10.6. The number of hydrogen-bond acceptors (Lipinski definition) is 5. The maximum Gasteiger partial charge on any atom is 0.180 e. The smallest absolute Gasteiger partial charge is 0.180 e. The van der Waals surface area contributed by atoms with E-state index in [1.54, 1.807) is 20.3 Å². The van der Waals surface area contributed by atoms with Crippen LogP contribution in [0.1, 0.15) is 11.8 Å². The number of thiazole rings is 1. The molecular weight excluding hydrogens is 284 g/mol. The molecule has 2 aromatic rings. The zero-order valence-corrected chi connectivity index (χ0v) is 12.6. The summed E-state index contributed by atoms with van der Waals surface area (Å²) in [7, 11) is 3.18. The van der Waals surface area contributed by atoms with Gasteiger partial charge in [0.05, 0.1) is 24.9 Å². The first-order valence-corrected chi connectivity index (χ1v) is 6.97. The van der Waals surface area contributed by atoms with Gasteiger partial charge in [-0.05, 0) is 12.5 Å². The van der Waals surface area contributed by atoms with Crippen LogP contribution in [-0.2, 0) is 6.42 Å². The van der Waals surface area contributed by atoms with Gasteiger partial charge in [0.2, 0.25) is 0 Å². The van der Waals surface area contributed by atoms with E-state index in [9.17, 15) is 0 Å². The summed E-state index contributed by atoms with van der Waals surface area (Å²) in [5.41, 5.74) is 7.47. The molecule has 0 aliphatic heterocycles. The van der Waals surface area contributed by atoms with Crippen LogP contribution in [0, 0.1) is 0 Å². The van der Waals surface area contributed by atoms with Crippen molar-refractivity contribution in [2.75, 3.05) is 20.0 Å². The van der Waals surface area contributed by atoms with Gasteiger partial charge in [-0.2, -0.15) is 0 Å². The first-order chi connectivity index (χ1) is 9.10. The molecule has 0 unspecified atom stereocenters. The Hall–Kier alpha value is -1.46. The minimum absolute atomic E-state index is 0.504. The number of nitrogens with zero attached hydrogens (tertiary/aromatic N) is 1. The summed E-state index contributed by atoms with van der Waals surface area (Å²) in [5.74, 6) is 1.25. The number of benzene rings is 1. The highest BCUT2D eigenvalue weighted by Crippen LogP contribution is 2.41. The van der Waals surface area contributed by atoms with Crippen LogP contribution >= 0.6 is 22.9 Å². The number of aromatic nitrogens is 1. The molecule has 0 aliphatic rings. The summed E-state index contributed by atoms with van der Waals surface area (Å²) >= 11 is 7.58. The molecule has 0 atom stereocenters. The summed E-state index contributed by atoms with van der Waals surface area (Å²) in [6, 6.07) is 3.56. The molecule has 1 heterocycles. The van der Waals surface area contributed by atoms with Gasteiger partial charge < -0.3 is 15.2 Å². The maximum absolute atomic E-state index is 6.10. The SMILES string of the molecule is CCc1sc(N)nc1-c1cc(OC)c(Cl)cc1OC. The third-order valence-electron chi connectivity index (χ3n) is 2.76. The molecule has 102 valence electrons. The number of nitrogen functional groups attached to an aromatic ring is 1. The van der Waals surface area contributed by atoms with E-state index in [4.69, 9.17) is 26.8 Å². The Kier molecular flexibility index (Phi) is 4.17. The summed E-state index contributed by atoms with van der Waals surface area (Å²) in [6.45, 7) is 2.07. The number of halogens is 1. The van der Waals surface area contributed by atoms with Crippen molar-refractivity contribution >= 4 is 28.1 Å². The normalized spacial score (nSPS) is 10.5. The summed E-state index contributed by atoms with van der Waals surface area (Å²) in [4.78, 5) is 5.49. The molecule has 6 heteroatoms. The van der Waals surface area contributed by atoms with Crippen LogP contribution in [-0.4, -0.2) is 19.2 Å². The standard InChI is InChI=1S/C13H15ClN2O2S/c1-4-11-12(16-13(15)19-11)7-5-10(18-3)8(14)6-9(7)17-2/h5-6H,4H2,1-3H3,(H2,15,16). The van der Waals surface area contributed by atoms with Crippen molar-refractivity contribution in [2.24, 2.45) is 0 Å². The zero-order valence-electron chi connectivity index (χ0n) is 11.0. The van der Waals surface area contributed by atoms with E-state index in [-0.39, 0.29) is 0 Å².